The first kappa shape index (κ1) is 15.9. The highest BCUT2D eigenvalue weighted by Crippen LogP contribution is 2.07. The van der Waals surface area contributed by atoms with Crippen LogP contribution < -0.4 is 5.73 Å². The van der Waals surface area contributed by atoms with E-state index >= 15 is 0 Å². The summed E-state index contributed by atoms with van der Waals surface area (Å²) in [4.78, 5) is 2.59. The van der Waals surface area contributed by atoms with Gasteiger partial charge < -0.3 is 10.6 Å². The molecule has 0 aliphatic heterocycles. The second-order valence-electron chi connectivity index (χ2n) is 5.97. The first-order chi connectivity index (χ1) is 7.41. The predicted octanol–water partition coefficient (Wildman–Crippen LogP) is 3.12. The molecular formula is C14H32N2. The van der Waals surface area contributed by atoms with Crippen LogP contribution in [0.1, 0.15) is 53.9 Å². The van der Waals surface area contributed by atoms with Gasteiger partial charge in [0.25, 0.3) is 0 Å². The highest BCUT2D eigenvalue weighted by atomic mass is 15.1. The zero-order valence-corrected chi connectivity index (χ0v) is 12.0. The van der Waals surface area contributed by atoms with Crippen molar-refractivity contribution in [1.82, 2.24) is 4.90 Å². The Balaban J connectivity index is 3.85. The average molecular weight is 228 g/mol. The van der Waals surface area contributed by atoms with Crippen molar-refractivity contribution in [3.8, 4) is 0 Å². The zero-order valence-electron chi connectivity index (χ0n) is 12.0. The van der Waals surface area contributed by atoms with Crippen molar-refractivity contribution in [1.29, 1.82) is 0 Å². The third kappa shape index (κ3) is 10.4. The SMILES string of the molecule is CC(C)CCN(CCC(C)C)CC[C@H](C)N. The molecule has 0 aromatic rings. The van der Waals surface area contributed by atoms with Gasteiger partial charge in [-0.05, 0) is 57.7 Å². The van der Waals surface area contributed by atoms with E-state index < -0.39 is 0 Å². The Bertz CT molecular complexity index is 124. The van der Waals surface area contributed by atoms with Crippen molar-refractivity contribution in [2.24, 2.45) is 17.6 Å². The molecule has 98 valence electrons. The Hall–Kier alpha value is -0.0800. The summed E-state index contributed by atoms with van der Waals surface area (Å²) in [6, 6.07) is 0.334. The van der Waals surface area contributed by atoms with Gasteiger partial charge in [0.15, 0.2) is 0 Å². The van der Waals surface area contributed by atoms with E-state index in [1.165, 1.54) is 25.9 Å². The lowest BCUT2D eigenvalue weighted by molar-refractivity contribution is 0.236. The molecular weight excluding hydrogens is 196 g/mol. The second kappa shape index (κ2) is 9.00. The summed E-state index contributed by atoms with van der Waals surface area (Å²) in [5.74, 6) is 1.61. The van der Waals surface area contributed by atoms with Crippen molar-refractivity contribution in [2.75, 3.05) is 19.6 Å². The summed E-state index contributed by atoms with van der Waals surface area (Å²) < 4.78 is 0. The fraction of sp³-hybridized carbons (Fsp3) is 1.00. The van der Waals surface area contributed by atoms with Crippen molar-refractivity contribution < 1.29 is 0 Å². The van der Waals surface area contributed by atoms with Crippen molar-refractivity contribution in [2.45, 2.75) is 59.9 Å². The van der Waals surface area contributed by atoms with Crippen LogP contribution in [0, 0.1) is 11.8 Å². The molecule has 0 fully saturated rings. The van der Waals surface area contributed by atoms with E-state index in [0.717, 1.165) is 24.8 Å². The number of hydrogen-bond acceptors (Lipinski definition) is 2. The molecule has 0 unspecified atom stereocenters. The molecule has 0 radical (unpaired) electrons. The summed E-state index contributed by atoms with van der Waals surface area (Å²) >= 11 is 0. The van der Waals surface area contributed by atoms with Crippen molar-refractivity contribution in [3.05, 3.63) is 0 Å². The summed E-state index contributed by atoms with van der Waals surface area (Å²) in [6.45, 7) is 14.9. The highest BCUT2D eigenvalue weighted by Gasteiger charge is 2.08. The van der Waals surface area contributed by atoms with Gasteiger partial charge in [-0.1, -0.05) is 27.7 Å². The highest BCUT2D eigenvalue weighted by molar-refractivity contribution is 4.64. The zero-order chi connectivity index (χ0) is 12.6. The molecule has 2 N–H and O–H groups in total. The van der Waals surface area contributed by atoms with Gasteiger partial charge in [-0.2, -0.15) is 0 Å². The maximum absolute atomic E-state index is 5.83. The molecule has 16 heavy (non-hydrogen) atoms. The van der Waals surface area contributed by atoms with Crippen LogP contribution in [0.4, 0.5) is 0 Å². The molecule has 0 rings (SSSR count). The van der Waals surface area contributed by atoms with E-state index in [4.69, 9.17) is 5.73 Å². The van der Waals surface area contributed by atoms with Gasteiger partial charge in [0.2, 0.25) is 0 Å². The van der Waals surface area contributed by atoms with Crippen LogP contribution in [0.3, 0.4) is 0 Å². The molecule has 2 nitrogen and oxygen atoms in total. The standard InChI is InChI=1S/C14H32N2/c1-12(2)6-9-16(10-7-13(3)4)11-8-14(5)15/h12-14H,6-11,15H2,1-5H3/t14-/m0/s1. The molecule has 0 spiro atoms. The van der Waals surface area contributed by atoms with Crippen LogP contribution in [-0.2, 0) is 0 Å². The Morgan fingerprint density at radius 3 is 1.44 bits per heavy atom. The fourth-order valence-electron chi connectivity index (χ4n) is 1.60. The van der Waals surface area contributed by atoms with Gasteiger partial charge in [-0.15, -0.1) is 0 Å². The molecule has 0 aliphatic rings. The Morgan fingerprint density at radius 2 is 1.12 bits per heavy atom. The number of nitrogens with two attached hydrogens (primary N) is 1. The Morgan fingerprint density at radius 1 is 0.750 bits per heavy atom. The normalized spacial score (nSPS) is 14.1. The third-order valence-corrected chi connectivity index (χ3v) is 2.95. The summed E-state index contributed by atoms with van der Waals surface area (Å²) in [5.41, 5.74) is 5.83. The Kier molecular flexibility index (Phi) is 8.96. The minimum atomic E-state index is 0.334. The average Bonchev–Trinajstić information content (AvgIpc) is 2.15. The maximum Gasteiger partial charge on any atom is 0.00226 e. The summed E-state index contributed by atoms with van der Waals surface area (Å²) in [7, 11) is 0. The van der Waals surface area contributed by atoms with Gasteiger partial charge in [-0.25, -0.2) is 0 Å². The van der Waals surface area contributed by atoms with Gasteiger partial charge in [-0.3, -0.25) is 0 Å². The monoisotopic (exact) mass is 228 g/mol. The molecule has 2 heteroatoms. The molecule has 0 saturated heterocycles. The quantitative estimate of drug-likeness (QED) is 0.657. The molecule has 0 amide bonds. The summed E-state index contributed by atoms with van der Waals surface area (Å²) in [5, 5.41) is 0. The minimum Gasteiger partial charge on any atom is -0.328 e. The first-order valence-corrected chi connectivity index (χ1v) is 6.89. The van der Waals surface area contributed by atoms with Gasteiger partial charge >= 0.3 is 0 Å². The van der Waals surface area contributed by atoms with Crippen LogP contribution in [-0.4, -0.2) is 30.6 Å². The fourth-order valence-corrected chi connectivity index (χ4v) is 1.60. The predicted molar refractivity (Wildman–Crippen MR) is 73.6 cm³/mol. The van der Waals surface area contributed by atoms with E-state index in [-0.39, 0.29) is 0 Å². The van der Waals surface area contributed by atoms with Gasteiger partial charge in [0.05, 0.1) is 0 Å². The molecule has 0 aromatic carbocycles. The van der Waals surface area contributed by atoms with E-state index in [1.807, 2.05) is 0 Å². The number of nitrogens with zero attached hydrogens (tertiary/aromatic N) is 1. The van der Waals surface area contributed by atoms with Crippen LogP contribution in [0.5, 0.6) is 0 Å². The van der Waals surface area contributed by atoms with Crippen molar-refractivity contribution >= 4 is 0 Å². The summed E-state index contributed by atoms with van der Waals surface area (Å²) in [6.07, 6.45) is 3.73. The van der Waals surface area contributed by atoms with Gasteiger partial charge in [0, 0.05) is 6.04 Å². The van der Waals surface area contributed by atoms with Crippen LogP contribution in [0.2, 0.25) is 0 Å². The van der Waals surface area contributed by atoms with Crippen LogP contribution in [0.25, 0.3) is 0 Å². The van der Waals surface area contributed by atoms with E-state index in [2.05, 4.69) is 39.5 Å². The second-order valence-corrected chi connectivity index (χ2v) is 5.97. The van der Waals surface area contributed by atoms with Crippen molar-refractivity contribution in [3.63, 3.8) is 0 Å². The molecule has 0 aliphatic carbocycles. The molecule has 0 bridgehead atoms. The van der Waals surface area contributed by atoms with Gasteiger partial charge in [0.1, 0.15) is 0 Å². The largest absolute Gasteiger partial charge is 0.328 e. The lowest BCUT2D eigenvalue weighted by Gasteiger charge is -2.24. The van der Waals surface area contributed by atoms with E-state index in [9.17, 15) is 0 Å². The smallest absolute Gasteiger partial charge is 0.00226 e. The number of hydrogen-bond donors (Lipinski definition) is 1. The van der Waals surface area contributed by atoms with Crippen LogP contribution >= 0.6 is 0 Å². The lowest BCUT2D eigenvalue weighted by Crippen LogP contribution is -2.32. The number of rotatable bonds is 9. The molecule has 0 aromatic heterocycles. The van der Waals surface area contributed by atoms with Crippen LogP contribution in [0.15, 0.2) is 0 Å². The molecule has 0 saturated carbocycles. The van der Waals surface area contributed by atoms with E-state index in [1.54, 1.807) is 0 Å². The topological polar surface area (TPSA) is 29.3 Å². The third-order valence-electron chi connectivity index (χ3n) is 2.95. The van der Waals surface area contributed by atoms with E-state index in [0.29, 0.717) is 6.04 Å². The maximum atomic E-state index is 5.83. The molecule has 0 heterocycles. The minimum absolute atomic E-state index is 0.334. The first-order valence-electron chi connectivity index (χ1n) is 6.89. The lowest BCUT2D eigenvalue weighted by atomic mass is 10.1. The molecule has 1 atom stereocenters. The Labute approximate surface area is 103 Å².